The minimum Gasteiger partial charge on any atom is -0.504 e. The van der Waals surface area contributed by atoms with Gasteiger partial charge in [-0.15, -0.1) is 11.8 Å². The van der Waals surface area contributed by atoms with Crippen molar-refractivity contribution in [3.8, 4) is 11.5 Å². The van der Waals surface area contributed by atoms with Gasteiger partial charge in [0.1, 0.15) is 5.57 Å². The Bertz CT molecular complexity index is 1200. The Balaban J connectivity index is 1.64. The maximum absolute atomic E-state index is 13.0. The van der Waals surface area contributed by atoms with Crippen LogP contribution in [0.2, 0.25) is 0 Å². The van der Waals surface area contributed by atoms with E-state index in [2.05, 4.69) is 12.3 Å². The Morgan fingerprint density at radius 1 is 1.03 bits per heavy atom. The molecule has 1 saturated heterocycles. The van der Waals surface area contributed by atoms with Crippen LogP contribution >= 0.6 is 11.8 Å². The van der Waals surface area contributed by atoms with Crippen molar-refractivity contribution < 1.29 is 19.4 Å². The highest BCUT2D eigenvalue weighted by Gasteiger charge is 2.34. The standard InChI is InChI=1S/C27H26N2O4S/c1-2-3-14-33-24-17-19(15-20(25(24)30)18-34-22-12-8-5-9-13-22)16-23-26(31)28-29(27(23)32)21-10-6-4-7-11-21/h4-13,15-17,30H,2-3,14,18H2,1H3,(H,28,31)/b23-16+. The molecule has 1 fully saturated rings. The van der Waals surface area contributed by atoms with Crippen LogP contribution in [0.1, 0.15) is 30.9 Å². The molecule has 3 aromatic rings. The fourth-order valence-electron chi connectivity index (χ4n) is 3.48. The average Bonchev–Trinajstić information content (AvgIpc) is 3.14. The van der Waals surface area contributed by atoms with Crippen molar-refractivity contribution >= 4 is 35.3 Å². The van der Waals surface area contributed by atoms with Crippen LogP contribution in [-0.4, -0.2) is 23.5 Å². The van der Waals surface area contributed by atoms with E-state index < -0.39 is 11.8 Å². The first-order valence-electron chi connectivity index (χ1n) is 11.2. The zero-order chi connectivity index (χ0) is 23.9. The number of carbonyl (C=O) groups is 2. The number of rotatable bonds is 9. The molecule has 0 unspecified atom stereocenters. The monoisotopic (exact) mass is 474 g/mol. The van der Waals surface area contributed by atoms with Crippen LogP contribution in [0.15, 0.2) is 83.3 Å². The first-order valence-corrected chi connectivity index (χ1v) is 12.1. The molecule has 7 heteroatoms. The molecule has 3 aromatic carbocycles. The number of amides is 2. The maximum Gasteiger partial charge on any atom is 0.282 e. The van der Waals surface area contributed by atoms with Crippen LogP contribution in [0.3, 0.4) is 0 Å². The molecule has 0 atom stereocenters. The number of para-hydroxylation sites is 1. The summed E-state index contributed by atoms with van der Waals surface area (Å²) in [6.07, 6.45) is 3.36. The normalized spacial score (nSPS) is 14.5. The SMILES string of the molecule is CCCCOc1cc(/C=C2\C(=O)NN(c3ccccc3)C2=O)cc(CSc2ccccc2)c1O. The van der Waals surface area contributed by atoms with Crippen molar-refractivity contribution in [2.24, 2.45) is 0 Å². The molecule has 1 aliphatic heterocycles. The molecule has 2 N–H and O–H groups in total. The van der Waals surface area contributed by atoms with E-state index in [1.54, 1.807) is 54.2 Å². The largest absolute Gasteiger partial charge is 0.504 e. The van der Waals surface area contributed by atoms with Crippen LogP contribution in [0.5, 0.6) is 11.5 Å². The summed E-state index contributed by atoms with van der Waals surface area (Å²) in [6.45, 7) is 2.53. The molecule has 0 bridgehead atoms. The second kappa shape index (κ2) is 10.9. The molecule has 1 heterocycles. The summed E-state index contributed by atoms with van der Waals surface area (Å²) < 4.78 is 5.83. The van der Waals surface area contributed by atoms with E-state index in [1.807, 2.05) is 36.4 Å². The molecule has 0 aliphatic carbocycles. The van der Waals surface area contributed by atoms with Crippen molar-refractivity contribution in [3.63, 3.8) is 0 Å². The summed E-state index contributed by atoms with van der Waals surface area (Å²) in [5, 5.41) is 12.1. The summed E-state index contributed by atoms with van der Waals surface area (Å²) in [5.41, 5.74) is 4.50. The second-order valence-corrected chi connectivity index (χ2v) is 8.85. The third kappa shape index (κ3) is 5.43. The number of phenolic OH excluding ortho intramolecular Hbond substituents is 1. The van der Waals surface area contributed by atoms with Crippen LogP contribution in [0.4, 0.5) is 5.69 Å². The molecule has 2 amide bonds. The number of hydrogen-bond donors (Lipinski definition) is 2. The van der Waals surface area contributed by atoms with Gasteiger partial charge in [-0.3, -0.25) is 15.0 Å². The van der Waals surface area contributed by atoms with Gasteiger partial charge in [-0.05, 0) is 54.5 Å². The minimum atomic E-state index is -0.476. The molecular weight excluding hydrogens is 448 g/mol. The molecule has 1 aliphatic rings. The van der Waals surface area contributed by atoms with Crippen LogP contribution in [-0.2, 0) is 15.3 Å². The third-order valence-corrected chi connectivity index (χ3v) is 6.35. The molecule has 0 spiro atoms. The van der Waals surface area contributed by atoms with Gasteiger partial charge in [0.25, 0.3) is 11.8 Å². The number of nitrogens with zero attached hydrogens (tertiary/aromatic N) is 1. The first-order chi connectivity index (χ1) is 16.6. The number of phenols is 1. The fourth-order valence-corrected chi connectivity index (χ4v) is 4.37. The zero-order valence-corrected chi connectivity index (χ0v) is 19.7. The highest BCUT2D eigenvalue weighted by molar-refractivity contribution is 7.98. The van der Waals surface area contributed by atoms with Gasteiger partial charge in [0, 0.05) is 16.2 Å². The average molecular weight is 475 g/mol. The smallest absolute Gasteiger partial charge is 0.282 e. The highest BCUT2D eigenvalue weighted by Crippen LogP contribution is 2.37. The maximum atomic E-state index is 13.0. The minimum absolute atomic E-state index is 0.0238. The lowest BCUT2D eigenvalue weighted by Gasteiger charge is -2.14. The third-order valence-electron chi connectivity index (χ3n) is 5.29. The Morgan fingerprint density at radius 2 is 1.74 bits per heavy atom. The van der Waals surface area contributed by atoms with E-state index in [1.165, 1.54) is 5.01 Å². The number of aromatic hydroxyl groups is 1. The molecule has 0 saturated carbocycles. The molecule has 4 rings (SSSR count). The van der Waals surface area contributed by atoms with Crippen molar-refractivity contribution in [2.45, 2.75) is 30.4 Å². The Hall–Kier alpha value is -3.71. The molecular formula is C27H26N2O4S. The van der Waals surface area contributed by atoms with Gasteiger partial charge in [-0.25, -0.2) is 5.01 Å². The van der Waals surface area contributed by atoms with Gasteiger partial charge in [-0.1, -0.05) is 49.7 Å². The number of ether oxygens (including phenoxy) is 1. The van der Waals surface area contributed by atoms with Crippen LogP contribution in [0.25, 0.3) is 6.08 Å². The van der Waals surface area contributed by atoms with Crippen molar-refractivity contribution in [3.05, 3.63) is 89.5 Å². The number of carbonyl (C=O) groups excluding carboxylic acids is 2. The molecule has 34 heavy (non-hydrogen) atoms. The number of unbranched alkanes of at least 4 members (excludes halogenated alkanes) is 1. The van der Waals surface area contributed by atoms with E-state index in [0.717, 1.165) is 17.7 Å². The first kappa shape index (κ1) is 23.4. The lowest BCUT2D eigenvalue weighted by molar-refractivity contribution is -0.117. The van der Waals surface area contributed by atoms with E-state index in [0.29, 0.717) is 34.9 Å². The molecule has 174 valence electrons. The predicted octanol–water partition coefficient (Wildman–Crippen LogP) is 5.32. The van der Waals surface area contributed by atoms with Gasteiger partial charge in [0.2, 0.25) is 0 Å². The molecule has 0 aromatic heterocycles. The van der Waals surface area contributed by atoms with Gasteiger partial charge in [0.15, 0.2) is 11.5 Å². The summed E-state index contributed by atoms with van der Waals surface area (Å²) in [5.74, 6) is 0.0216. The summed E-state index contributed by atoms with van der Waals surface area (Å²) in [7, 11) is 0. The van der Waals surface area contributed by atoms with Gasteiger partial charge in [-0.2, -0.15) is 0 Å². The van der Waals surface area contributed by atoms with E-state index in [-0.39, 0.29) is 11.3 Å². The van der Waals surface area contributed by atoms with Gasteiger partial charge >= 0.3 is 0 Å². The number of benzene rings is 3. The number of thioether (sulfide) groups is 1. The number of hydrazine groups is 1. The van der Waals surface area contributed by atoms with Gasteiger partial charge < -0.3 is 9.84 Å². The van der Waals surface area contributed by atoms with Crippen molar-refractivity contribution in [1.82, 2.24) is 5.43 Å². The number of nitrogens with one attached hydrogen (secondary N) is 1. The number of hydrogen-bond acceptors (Lipinski definition) is 5. The second-order valence-electron chi connectivity index (χ2n) is 7.81. The van der Waals surface area contributed by atoms with E-state index in [4.69, 9.17) is 4.74 Å². The predicted molar refractivity (Wildman–Crippen MR) is 135 cm³/mol. The number of anilines is 1. The summed E-state index contributed by atoms with van der Waals surface area (Å²) >= 11 is 1.58. The Labute approximate surface area is 203 Å². The lowest BCUT2D eigenvalue weighted by atomic mass is 10.1. The van der Waals surface area contributed by atoms with Crippen LogP contribution < -0.4 is 15.2 Å². The lowest BCUT2D eigenvalue weighted by Crippen LogP contribution is -2.35. The summed E-state index contributed by atoms with van der Waals surface area (Å²) in [6, 6.07) is 22.3. The Kier molecular flexibility index (Phi) is 7.54. The van der Waals surface area contributed by atoms with E-state index >= 15 is 0 Å². The van der Waals surface area contributed by atoms with Crippen molar-refractivity contribution in [2.75, 3.05) is 11.6 Å². The van der Waals surface area contributed by atoms with Crippen LogP contribution in [0, 0.1) is 0 Å². The van der Waals surface area contributed by atoms with Crippen molar-refractivity contribution in [1.29, 1.82) is 0 Å². The molecule has 0 radical (unpaired) electrons. The van der Waals surface area contributed by atoms with E-state index in [9.17, 15) is 14.7 Å². The quantitative estimate of drug-likeness (QED) is 0.190. The zero-order valence-electron chi connectivity index (χ0n) is 18.9. The fraction of sp³-hybridized carbons (Fsp3) is 0.185. The van der Waals surface area contributed by atoms with Gasteiger partial charge in [0.05, 0.1) is 12.3 Å². The topological polar surface area (TPSA) is 78.9 Å². The Morgan fingerprint density at radius 3 is 2.44 bits per heavy atom. The summed E-state index contributed by atoms with van der Waals surface area (Å²) in [4.78, 5) is 26.6. The highest BCUT2D eigenvalue weighted by atomic mass is 32.2. The molecule has 6 nitrogen and oxygen atoms in total.